The van der Waals surface area contributed by atoms with Crippen molar-refractivity contribution in [3.63, 3.8) is 0 Å². The van der Waals surface area contributed by atoms with Gasteiger partial charge in [0.2, 0.25) is 0 Å². The maximum Gasteiger partial charge on any atom is 0.295 e. The number of para-hydroxylation sites is 1. The fourth-order valence-electron chi connectivity index (χ4n) is 4.61. The first-order valence-electron chi connectivity index (χ1n) is 11.3. The first-order chi connectivity index (χ1) is 16.3. The van der Waals surface area contributed by atoms with Gasteiger partial charge in [0, 0.05) is 18.3 Å². The number of benzene rings is 1. The van der Waals surface area contributed by atoms with Gasteiger partial charge < -0.3 is 19.6 Å². The number of aromatic nitrogens is 2. The summed E-state index contributed by atoms with van der Waals surface area (Å²) < 4.78 is 7.33. The maximum absolute atomic E-state index is 13.4. The van der Waals surface area contributed by atoms with E-state index in [4.69, 9.17) is 4.74 Å². The van der Waals surface area contributed by atoms with E-state index in [1.54, 1.807) is 35.6 Å². The van der Waals surface area contributed by atoms with Crippen LogP contribution in [0.5, 0.6) is 5.75 Å². The molecular formula is C26H30N4O4. The van der Waals surface area contributed by atoms with E-state index < -0.39 is 17.7 Å². The molecule has 1 aliphatic heterocycles. The number of methoxy groups -OCH3 is 1. The van der Waals surface area contributed by atoms with Crippen LogP contribution in [0.2, 0.25) is 0 Å². The molecule has 0 spiro atoms. The monoisotopic (exact) mass is 462 g/mol. The number of rotatable bonds is 7. The average Bonchev–Trinajstić information content (AvgIpc) is 3.28. The van der Waals surface area contributed by atoms with Gasteiger partial charge in [-0.05, 0) is 58.6 Å². The number of Topliss-reactive ketones (excluding diaryl/α,β-unsaturated/α-hetero) is 1. The number of fused-ring (bicyclic) bond motifs is 1. The lowest BCUT2D eigenvalue weighted by atomic mass is 9.95. The van der Waals surface area contributed by atoms with E-state index >= 15 is 0 Å². The van der Waals surface area contributed by atoms with E-state index in [2.05, 4.69) is 4.98 Å². The number of ether oxygens (including phenoxy) is 1. The highest BCUT2D eigenvalue weighted by Crippen LogP contribution is 2.43. The number of hydrogen-bond acceptors (Lipinski definition) is 6. The van der Waals surface area contributed by atoms with Crippen molar-refractivity contribution in [1.82, 2.24) is 19.2 Å². The standard InChI is InChI=1S/C26H30N4O4/c1-16-10-8-14-29-21(17(2)27-25(16)29)23(31)20-22(18-11-6-7-12-19(18)34-5)30(26(33)24(20)32)15-9-13-28(3)4/h6-8,10-12,14,22,31H,9,13,15H2,1-5H3/b23-20+/t22-/m0/s1. The number of pyridine rings is 1. The highest BCUT2D eigenvalue weighted by molar-refractivity contribution is 6.46. The molecule has 1 N–H and O–H groups in total. The van der Waals surface area contributed by atoms with E-state index in [-0.39, 0.29) is 11.3 Å². The van der Waals surface area contributed by atoms with Gasteiger partial charge in [-0.2, -0.15) is 0 Å². The van der Waals surface area contributed by atoms with E-state index in [0.717, 1.165) is 12.1 Å². The minimum atomic E-state index is -0.770. The first-order valence-corrected chi connectivity index (χ1v) is 11.3. The van der Waals surface area contributed by atoms with Crippen LogP contribution < -0.4 is 4.74 Å². The number of nitrogens with zero attached hydrogens (tertiary/aromatic N) is 4. The summed E-state index contributed by atoms with van der Waals surface area (Å²) in [6, 6.07) is 10.3. The smallest absolute Gasteiger partial charge is 0.295 e. The molecule has 0 saturated carbocycles. The van der Waals surface area contributed by atoms with Crippen LogP contribution in [0.3, 0.4) is 0 Å². The lowest BCUT2D eigenvalue weighted by Gasteiger charge is -2.27. The van der Waals surface area contributed by atoms with Crippen molar-refractivity contribution in [3.8, 4) is 5.75 Å². The molecule has 0 aliphatic carbocycles. The van der Waals surface area contributed by atoms with Crippen LogP contribution in [0, 0.1) is 13.8 Å². The van der Waals surface area contributed by atoms with Crippen molar-refractivity contribution in [2.45, 2.75) is 26.3 Å². The van der Waals surface area contributed by atoms with E-state index in [1.165, 1.54) is 0 Å². The van der Waals surface area contributed by atoms with Crippen LogP contribution in [0.4, 0.5) is 0 Å². The summed E-state index contributed by atoms with van der Waals surface area (Å²) in [5.41, 5.74) is 3.31. The highest BCUT2D eigenvalue weighted by atomic mass is 16.5. The Kier molecular flexibility index (Phi) is 6.43. The minimum absolute atomic E-state index is 0.0470. The lowest BCUT2D eigenvalue weighted by molar-refractivity contribution is -0.140. The van der Waals surface area contributed by atoms with E-state index in [0.29, 0.717) is 41.3 Å². The molecule has 1 atom stereocenters. The van der Waals surface area contributed by atoms with Crippen molar-refractivity contribution in [2.75, 3.05) is 34.3 Å². The Bertz CT molecular complexity index is 1290. The fourth-order valence-corrected chi connectivity index (χ4v) is 4.61. The van der Waals surface area contributed by atoms with Gasteiger partial charge in [-0.3, -0.25) is 14.0 Å². The second-order valence-electron chi connectivity index (χ2n) is 8.82. The number of likely N-dealkylation sites (tertiary alicyclic amines) is 1. The van der Waals surface area contributed by atoms with Crippen molar-refractivity contribution in [2.24, 2.45) is 0 Å². The second-order valence-corrected chi connectivity index (χ2v) is 8.82. The molecule has 8 heteroatoms. The summed E-state index contributed by atoms with van der Waals surface area (Å²) >= 11 is 0. The zero-order valence-corrected chi connectivity index (χ0v) is 20.2. The fraction of sp³-hybridized carbons (Fsp3) is 0.346. The third kappa shape index (κ3) is 3.94. The zero-order chi connectivity index (χ0) is 24.6. The van der Waals surface area contributed by atoms with Crippen LogP contribution in [-0.2, 0) is 9.59 Å². The van der Waals surface area contributed by atoms with Gasteiger partial charge in [-0.1, -0.05) is 24.3 Å². The predicted molar refractivity (Wildman–Crippen MR) is 130 cm³/mol. The molecule has 34 heavy (non-hydrogen) atoms. The Morgan fingerprint density at radius 2 is 1.88 bits per heavy atom. The van der Waals surface area contributed by atoms with Crippen LogP contribution in [0.15, 0.2) is 48.2 Å². The summed E-state index contributed by atoms with van der Waals surface area (Å²) in [4.78, 5) is 34.7. The number of carbonyl (C=O) groups excluding carboxylic acids is 2. The van der Waals surface area contributed by atoms with Crippen LogP contribution in [0.1, 0.15) is 35.0 Å². The number of amides is 1. The maximum atomic E-state index is 13.4. The number of aryl methyl sites for hydroxylation is 2. The Morgan fingerprint density at radius 3 is 2.59 bits per heavy atom. The van der Waals surface area contributed by atoms with Gasteiger partial charge in [0.25, 0.3) is 11.7 Å². The summed E-state index contributed by atoms with van der Waals surface area (Å²) in [7, 11) is 5.47. The Balaban J connectivity index is 1.93. The predicted octanol–water partition coefficient (Wildman–Crippen LogP) is 3.33. The SMILES string of the molecule is COc1ccccc1[C@H]1/C(=C(\O)c2c(C)nc3c(C)cccn23)C(=O)C(=O)N1CCCN(C)C. The Labute approximate surface area is 199 Å². The number of aliphatic hydroxyl groups excluding tert-OH is 1. The number of imidazole rings is 1. The number of aliphatic hydroxyl groups is 1. The largest absolute Gasteiger partial charge is 0.505 e. The van der Waals surface area contributed by atoms with Crippen LogP contribution >= 0.6 is 0 Å². The van der Waals surface area contributed by atoms with Crippen molar-refractivity contribution >= 4 is 23.1 Å². The van der Waals surface area contributed by atoms with E-state index in [9.17, 15) is 14.7 Å². The second kappa shape index (κ2) is 9.30. The summed E-state index contributed by atoms with van der Waals surface area (Å²) in [6.45, 7) is 4.84. The van der Waals surface area contributed by atoms with Gasteiger partial charge in [0.05, 0.1) is 24.4 Å². The van der Waals surface area contributed by atoms with Gasteiger partial charge in [-0.25, -0.2) is 4.98 Å². The van der Waals surface area contributed by atoms with Gasteiger partial charge in [-0.15, -0.1) is 0 Å². The van der Waals surface area contributed by atoms with Gasteiger partial charge >= 0.3 is 0 Å². The zero-order valence-electron chi connectivity index (χ0n) is 20.2. The third-order valence-electron chi connectivity index (χ3n) is 6.22. The van der Waals surface area contributed by atoms with Crippen molar-refractivity contribution in [1.29, 1.82) is 0 Å². The Hall–Kier alpha value is -3.65. The first kappa shape index (κ1) is 23.5. The summed E-state index contributed by atoms with van der Waals surface area (Å²) in [5, 5.41) is 11.6. The summed E-state index contributed by atoms with van der Waals surface area (Å²) in [5.74, 6) is -1.03. The molecule has 8 nitrogen and oxygen atoms in total. The van der Waals surface area contributed by atoms with E-state index in [1.807, 2.05) is 56.3 Å². The third-order valence-corrected chi connectivity index (χ3v) is 6.22. The molecule has 1 amide bonds. The molecule has 2 aromatic heterocycles. The molecule has 0 unspecified atom stereocenters. The molecule has 4 rings (SSSR count). The molecule has 1 fully saturated rings. The quantitative estimate of drug-likeness (QED) is 0.329. The molecule has 1 aliphatic rings. The molecule has 178 valence electrons. The Morgan fingerprint density at radius 1 is 1.15 bits per heavy atom. The molecule has 3 aromatic rings. The topological polar surface area (TPSA) is 87.4 Å². The van der Waals surface area contributed by atoms with Gasteiger partial charge in [0.1, 0.15) is 17.1 Å². The number of ketones is 1. The van der Waals surface area contributed by atoms with Crippen LogP contribution in [-0.4, -0.2) is 70.3 Å². The lowest BCUT2D eigenvalue weighted by Crippen LogP contribution is -2.32. The normalized spacial score (nSPS) is 17.8. The highest BCUT2D eigenvalue weighted by Gasteiger charge is 2.47. The van der Waals surface area contributed by atoms with Crippen LogP contribution in [0.25, 0.3) is 11.4 Å². The molecule has 0 bridgehead atoms. The van der Waals surface area contributed by atoms with Crippen molar-refractivity contribution in [3.05, 3.63) is 70.7 Å². The molecule has 0 radical (unpaired) electrons. The minimum Gasteiger partial charge on any atom is -0.505 e. The average molecular weight is 463 g/mol. The van der Waals surface area contributed by atoms with Crippen molar-refractivity contribution < 1.29 is 19.4 Å². The van der Waals surface area contributed by atoms with Gasteiger partial charge in [0.15, 0.2) is 5.76 Å². The molecule has 1 aromatic carbocycles. The molecule has 1 saturated heterocycles. The number of carbonyl (C=O) groups is 2. The summed E-state index contributed by atoms with van der Waals surface area (Å²) in [6.07, 6.45) is 2.47. The number of hydrogen-bond donors (Lipinski definition) is 1. The molecule has 3 heterocycles. The molecular weight excluding hydrogens is 432 g/mol.